The number of pyridine rings is 1. The summed E-state index contributed by atoms with van der Waals surface area (Å²) in [5, 5.41) is 13.1. The second-order valence-electron chi connectivity index (χ2n) is 5.66. The maximum Gasteiger partial charge on any atom is 0.273 e. The Balaban J connectivity index is 1.76. The first-order valence-corrected chi connectivity index (χ1v) is 8.38. The zero-order valence-corrected chi connectivity index (χ0v) is 14.6. The normalized spacial score (nSPS) is 10.7. The SMILES string of the molecule is CCc1n[nH]c(=O)c(CNC(=O)c2cc(-c3ccncc3)on2)c1CC. The standard InChI is InChI=1S/C18H19N5O3/c1-3-12-13(17(24)22-21-14(12)4-2)10-20-18(25)15-9-16(26-23-15)11-5-7-19-8-6-11/h5-9H,3-4,10H2,1-2H3,(H,20,25)(H,22,24). The van der Waals surface area contributed by atoms with Crippen molar-refractivity contribution in [3.8, 4) is 11.3 Å². The second-order valence-corrected chi connectivity index (χ2v) is 5.66. The number of amides is 1. The Labute approximate surface area is 149 Å². The molecule has 0 radical (unpaired) electrons. The van der Waals surface area contributed by atoms with Crippen LogP contribution in [0.3, 0.4) is 0 Å². The number of aromatic amines is 1. The van der Waals surface area contributed by atoms with E-state index in [4.69, 9.17) is 4.52 Å². The fraction of sp³-hybridized carbons (Fsp3) is 0.278. The van der Waals surface area contributed by atoms with E-state index in [1.165, 1.54) is 0 Å². The van der Waals surface area contributed by atoms with Crippen molar-refractivity contribution in [1.82, 2.24) is 25.7 Å². The van der Waals surface area contributed by atoms with Crippen molar-refractivity contribution in [2.24, 2.45) is 0 Å². The van der Waals surface area contributed by atoms with Gasteiger partial charge in [-0.1, -0.05) is 19.0 Å². The Bertz CT molecular complexity index is 962. The summed E-state index contributed by atoms with van der Waals surface area (Å²) in [5.74, 6) is 0.0622. The van der Waals surface area contributed by atoms with Crippen molar-refractivity contribution in [2.45, 2.75) is 33.2 Å². The molecule has 0 bridgehead atoms. The molecule has 0 aromatic carbocycles. The van der Waals surface area contributed by atoms with Gasteiger partial charge in [-0.15, -0.1) is 0 Å². The van der Waals surface area contributed by atoms with Crippen molar-refractivity contribution in [1.29, 1.82) is 0 Å². The number of hydrogen-bond acceptors (Lipinski definition) is 6. The number of H-pyrrole nitrogens is 1. The number of rotatable bonds is 6. The Morgan fingerprint density at radius 2 is 1.96 bits per heavy atom. The first-order chi connectivity index (χ1) is 12.6. The van der Waals surface area contributed by atoms with Crippen LogP contribution in [0.5, 0.6) is 0 Å². The quantitative estimate of drug-likeness (QED) is 0.699. The minimum Gasteiger partial charge on any atom is -0.355 e. The molecule has 2 N–H and O–H groups in total. The van der Waals surface area contributed by atoms with Crippen LogP contribution in [0.1, 0.15) is 41.2 Å². The summed E-state index contributed by atoms with van der Waals surface area (Å²) in [4.78, 5) is 28.4. The van der Waals surface area contributed by atoms with Gasteiger partial charge in [0, 0.05) is 36.1 Å². The summed E-state index contributed by atoms with van der Waals surface area (Å²) in [6.07, 6.45) is 4.64. The molecule has 0 unspecified atom stereocenters. The van der Waals surface area contributed by atoms with Gasteiger partial charge in [-0.2, -0.15) is 5.10 Å². The van der Waals surface area contributed by atoms with E-state index in [9.17, 15) is 9.59 Å². The van der Waals surface area contributed by atoms with Crippen molar-refractivity contribution in [2.75, 3.05) is 0 Å². The van der Waals surface area contributed by atoms with Gasteiger partial charge in [0.05, 0.1) is 5.69 Å². The number of carbonyl (C=O) groups is 1. The van der Waals surface area contributed by atoms with Crippen LogP contribution < -0.4 is 10.9 Å². The molecule has 0 aliphatic rings. The third-order valence-corrected chi connectivity index (χ3v) is 4.10. The molecule has 0 spiro atoms. The Hall–Kier alpha value is -3.29. The molecule has 3 aromatic heterocycles. The van der Waals surface area contributed by atoms with Crippen LogP contribution >= 0.6 is 0 Å². The average molecular weight is 353 g/mol. The van der Waals surface area contributed by atoms with E-state index in [1.807, 2.05) is 13.8 Å². The minimum absolute atomic E-state index is 0.101. The molecule has 0 atom stereocenters. The second kappa shape index (κ2) is 7.73. The van der Waals surface area contributed by atoms with Crippen LogP contribution in [0, 0.1) is 0 Å². The van der Waals surface area contributed by atoms with Crippen LogP contribution in [-0.2, 0) is 19.4 Å². The Morgan fingerprint density at radius 1 is 1.19 bits per heavy atom. The molecular weight excluding hydrogens is 334 g/mol. The molecular formula is C18H19N5O3. The van der Waals surface area contributed by atoms with E-state index in [2.05, 4.69) is 25.7 Å². The lowest BCUT2D eigenvalue weighted by molar-refractivity contribution is 0.0941. The maximum atomic E-state index is 12.4. The molecule has 0 aliphatic carbocycles. The van der Waals surface area contributed by atoms with Crippen molar-refractivity contribution >= 4 is 5.91 Å². The highest BCUT2D eigenvalue weighted by atomic mass is 16.5. The van der Waals surface area contributed by atoms with Gasteiger partial charge in [-0.3, -0.25) is 14.6 Å². The predicted octanol–water partition coefficient (Wildman–Crippen LogP) is 1.87. The highest BCUT2D eigenvalue weighted by Gasteiger charge is 2.16. The third-order valence-electron chi connectivity index (χ3n) is 4.10. The number of nitrogens with zero attached hydrogens (tertiary/aromatic N) is 3. The van der Waals surface area contributed by atoms with E-state index in [0.29, 0.717) is 24.2 Å². The van der Waals surface area contributed by atoms with Crippen molar-refractivity contribution in [3.63, 3.8) is 0 Å². The molecule has 134 valence electrons. The third kappa shape index (κ3) is 3.53. The zero-order chi connectivity index (χ0) is 18.5. The Morgan fingerprint density at radius 3 is 2.65 bits per heavy atom. The number of nitrogens with one attached hydrogen (secondary N) is 2. The molecule has 0 aliphatic heterocycles. The van der Waals surface area contributed by atoms with Crippen LogP contribution in [0.15, 0.2) is 39.9 Å². The number of aryl methyl sites for hydroxylation is 1. The van der Waals surface area contributed by atoms with Gasteiger partial charge in [0.25, 0.3) is 11.5 Å². The van der Waals surface area contributed by atoms with Gasteiger partial charge in [0.1, 0.15) is 0 Å². The largest absolute Gasteiger partial charge is 0.355 e. The van der Waals surface area contributed by atoms with Gasteiger partial charge < -0.3 is 9.84 Å². The van der Waals surface area contributed by atoms with E-state index in [0.717, 1.165) is 16.8 Å². The molecule has 3 aromatic rings. The van der Waals surface area contributed by atoms with Crippen LogP contribution in [0.4, 0.5) is 0 Å². The molecule has 0 saturated heterocycles. The van der Waals surface area contributed by atoms with Crippen molar-refractivity contribution < 1.29 is 9.32 Å². The lowest BCUT2D eigenvalue weighted by Crippen LogP contribution is -2.29. The predicted molar refractivity (Wildman–Crippen MR) is 94.5 cm³/mol. The van der Waals surface area contributed by atoms with Gasteiger partial charge >= 0.3 is 0 Å². The lowest BCUT2D eigenvalue weighted by Gasteiger charge is -2.10. The van der Waals surface area contributed by atoms with E-state index < -0.39 is 5.91 Å². The van der Waals surface area contributed by atoms with E-state index in [-0.39, 0.29) is 17.8 Å². The lowest BCUT2D eigenvalue weighted by atomic mass is 10.0. The summed E-state index contributed by atoms with van der Waals surface area (Å²) < 4.78 is 5.21. The zero-order valence-electron chi connectivity index (χ0n) is 14.6. The minimum atomic E-state index is -0.412. The number of aromatic nitrogens is 4. The molecule has 8 heteroatoms. The van der Waals surface area contributed by atoms with Gasteiger partial charge in [0.15, 0.2) is 11.5 Å². The summed E-state index contributed by atoms with van der Waals surface area (Å²) in [6, 6.07) is 5.08. The molecule has 1 amide bonds. The molecule has 3 rings (SSSR count). The van der Waals surface area contributed by atoms with Crippen LogP contribution in [0.2, 0.25) is 0 Å². The van der Waals surface area contributed by atoms with Crippen molar-refractivity contribution in [3.05, 3.63) is 63.5 Å². The van der Waals surface area contributed by atoms with Gasteiger partial charge in [-0.05, 0) is 30.5 Å². The summed E-state index contributed by atoms with van der Waals surface area (Å²) in [7, 11) is 0. The molecule has 26 heavy (non-hydrogen) atoms. The fourth-order valence-electron chi connectivity index (χ4n) is 2.75. The maximum absolute atomic E-state index is 12.4. The highest BCUT2D eigenvalue weighted by Crippen LogP contribution is 2.19. The van der Waals surface area contributed by atoms with Gasteiger partial charge in [-0.25, -0.2) is 5.10 Å². The summed E-state index contributed by atoms with van der Waals surface area (Å²) in [5.41, 5.74) is 2.85. The topological polar surface area (TPSA) is 114 Å². The molecule has 8 nitrogen and oxygen atoms in total. The van der Waals surface area contributed by atoms with Gasteiger partial charge in [0.2, 0.25) is 0 Å². The first kappa shape index (κ1) is 17.5. The highest BCUT2D eigenvalue weighted by molar-refractivity contribution is 5.93. The monoisotopic (exact) mass is 353 g/mol. The molecule has 0 saturated carbocycles. The molecule has 3 heterocycles. The van der Waals surface area contributed by atoms with Crippen LogP contribution in [-0.4, -0.2) is 26.2 Å². The number of hydrogen-bond donors (Lipinski definition) is 2. The molecule has 0 fully saturated rings. The smallest absolute Gasteiger partial charge is 0.273 e. The summed E-state index contributed by atoms with van der Waals surface area (Å²) in [6.45, 7) is 4.03. The summed E-state index contributed by atoms with van der Waals surface area (Å²) >= 11 is 0. The fourth-order valence-corrected chi connectivity index (χ4v) is 2.75. The first-order valence-electron chi connectivity index (χ1n) is 8.38. The average Bonchev–Trinajstić information content (AvgIpc) is 3.17. The number of carbonyl (C=O) groups excluding carboxylic acids is 1. The van der Waals surface area contributed by atoms with Crippen LogP contribution in [0.25, 0.3) is 11.3 Å². The van der Waals surface area contributed by atoms with E-state index >= 15 is 0 Å². The Kier molecular flexibility index (Phi) is 5.21. The van der Waals surface area contributed by atoms with E-state index in [1.54, 1.807) is 30.6 Å².